The van der Waals surface area contributed by atoms with Crippen molar-refractivity contribution in [3.63, 3.8) is 0 Å². The number of hydrogen-bond acceptors (Lipinski definition) is 3. The van der Waals surface area contributed by atoms with Crippen LogP contribution in [0.1, 0.15) is 51.9 Å². The first kappa shape index (κ1) is 13.8. The van der Waals surface area contributed by atoms with E-state index in [1.807, 2.05) is 0 Å². The summed E-state index contributed by atoms with van der Waals surface area (Å²) in [6.45, 7) is 8.89. The van der Waals surface area contributed by atoms with E-state index in [4.69, 9.17) is 0 Å². The van der Waals surface area contributed by atoms with Crippen molar-refractivity contribution in [3.05, 3.63) is 0 Å². The molecule has 1 N–H and O–H groups in total. The van der Waals surface area contributed by atoms with E-state index in [1.54, 1.807) is 0 Å². The van der Waals surface area contributed by atoms with Gasteiger partial charge in [-0.15, -0.1) is 0 Å². The van der Waals surface area contributed by atoms with Gasteiger partial charge in [-0.05, 0) is 58.2 Å². The van der Waals surface area contributed by atoms with Gasteiger partial charge in [0.25, 0.3) is 0 Å². The van der Waals surface area contributed by atoms with E-state index in [-0.39, 0.29) is 0 Å². The minimum absolute atomic E-state index is 0.760. The summed E-state index contributed by atoms with van der Waals surface area (Å²) in [5.41, 5.74) is 0. The van der Waals surface area contributed by atoms with Crippen LogP contribution in [-0.2, 0) is 0 Å². The number of nitrogens with one attached hydrogen (secondary N) is 1. The lowest BCUT2D eigenvalue weighted by atomic mass is 10.0. The van der Waals surface area contributed by atoms with Crippen LogP contribution in [-0.4, -0.2) is 60.6 Å². The second-order valence-electron chi connectivity index (χ2n) is 6.74. The third-order valence-corrected chi connectivity index (χ3v) is 5.42. The molecular weight excluding hydrogens is 234 g/mol. The lowest BCUT2D eigenvalue weighted by Gasteiger charge is -2.36. The van der Waals surface area contributed by atoms with Crippen LogP contribution in [0.15, 0.2) is 0 Å². The van der Waals surface area contributed by atoms with Gasteiger partial charge in [0.1, 0.15) is 0 Å². The summed E-state index contributed by atoms with van der Waals surface area (Å²) >= 11 is 0. The molecule has 3 atom stereocenters. The van der Waals surface area contributed by atoms with E-state index in [0.717, 1.165) is 18.1 Å². The predicted molar refractivity (Wildman–Crippen MR) is 80.5 cm³/mol. The fourth-order valence-electron chi connectivity index (χ4n) is 4.52. The fourth-order valence-corrected chi connectivity index (χ4v) is 4.52. The van der Waals surface area contributed by atoms with Crippen molar-refractivity contribution >= 4 is 0 Å². The maximum Gasteiger partial charge on any atom is 0.0264 e. The number of piperidine rings is 1. The van der Waals surface area contributed by atoms with Crippen LogP contribution in [0.4, 0.5) is 0 Å². The van der Waals surface area contributed by atoms with E-state index >= 15 is 0 Å². The molecule has 0 aromatic carbocycles. The minimum atomic E-state index is 0.760. The molecule has 3 rings (SSSR count). The van der Waals surface area contributed by atoms with Gasteiger partial charge >= 0.3 is 0 Å². The Morgan fingerprint density at radius 2 is 2.05 bits per heavy atom. The van der Waals surface area contributed by atoms with Crippen LogP contribution in [0.5, 0.6) is 0 Å². The fraction of sp³-hybridized carbons (Fsp3) is 1.00. The van der Waals surface area contributed by atoms with Gasteiger partial charge in [0.15, 0.2) is 0 Å². The average molecular weight is 265 g/mol. The Morgan fingerprint density at radius 3 is 2.84 bits per heavy atom. The second kappa shape index (κ2) is 6.55. The Kier molecular flexibility index (Phi) is 4.78. The third-order valence-electron chi connectivity index (χ3n) is 5.42. The monoisotopic (exact) mass is 265 g/mol. The number of rotatable bonds is 5. The van der Waals surface area contributed by atoms with Crippen molar-refractivity contribution in [1.29, 1.82) is 0 Å². The standard InChI is InChI=1S/C16H31N3/c1-2-10-19(13-14-6-3-4-9-17-14)16-8-12-18-11-5-7-15(16)18/h14-17H,2-13H2,1H3. The highest BCUT2D eigenvalue weighted by Gasteiger charge is 2.40. The summed E-state index contributed by atoms with van der Waals surface area (Å²) in [5, 5.41) is 3.74. The first-order chi connectivity index (χ1) is 9.38. The quantitative estimate of drug-likeness (QED) is 0.821. The topological polar surface area (TPSA) is 18.5 Å². The third kappa shape index (κ3) is 3.14. The molecule has 110 valence electrons. The molecule has 0 radical (unpaired) electrons. The molecule has 0 saturated carbocycles. The SMILES string of the molecule is CCCN(CC1CCCCN1)C1CCN2CCCC12. The highest BCUT2D eigenvalue weighted by atomic mass is 15.3. The maximum atomic E-state index is 3.74. The van der Waals surface area contributed by atoms with Crippen LogP contribution in [0, 0.1) is 0 Å². The van der Waals surface area contributed by atoms with Crippen LogP contribution in [0.2, 0.25) is 0 Å². The molecule has 0 amide bonds. The molecule has 3 aliphatic heterocycles. The van der Waals surface area contributed by atoms with Gasteiger partial charge in [-0.25, -0.2) is 0 Å². The van der Waals surface area contributed by atoms with Crippen LogP contribution in [0.3, 0.4) is 0 Å². The molecule has 0 spiro atoms. The van der Waals surface area contributed by atoms with Crippen molar-refractivity contribution < 1.29 is 0 Å². The van der Waals surface area contributed by atoms with E-state index in [9.17, 15) is 0 Å². The Bertz CT molecular complexity index is 275. The average Bonchev–Trinajstić information content (AvgIpc) is 3.02. The van der Waals surface area contributed by atoms with Gasteiger partial charge in [-0.1, -0.05) is 13.3 Å². The Labute approximate surface area is 118 Å². The molecule has 19 heavy (non-hydrogen) atoms. The summed E-state index contributed by atoms with van der Waals surface area (Å²) in [7, 11) is 0. The van der Waals surface area contributed by atoms with E-state index in [2.05, 4.69) is 22.0 Å². The van der Waals surface area contributed by atoms with Crippen LogP contribution < -0.4 is 5.32 Å². The van der Waals surface area contributed by atoms with Gasteiger partial charge in [0, 0.05) is 31.2 Å². The van der Waals surface area contributed by atoms with Crippen molar-refractivity contribution in [1.82, 2.24) is 15.1 Å². The van der Waals surface area contributed by atoms with Gasteiger partial charge in [-0.3, -0.25) is 9.80 Å². The molecule has 0 aliphatic carbocycles. The van der Waals surface area contributed by atoms with Crippen molar-refractivity contribution in [2.75, 3.05) is 32.7 Å². The zero-order chi connectivity index (χ0) is 13.1. The molecule has 3 unspecified atom stereocenters. The summed E-state index contributed by atoms with van der Waals surface area (Å²) in [6, 6.07) is 2.50. The van der Waals surface area contributed by atoms with Crippen LogP contribution >= 0.6 is 0 Å². The molecule has 0 aromatic rings. The Hall–Kier alpha value is -0.120. The highest BCUT2D eigenvalue weighted by molar-refractivity contribution is 4.97. The van der Waals surface area contributed by atoms with Crippen molar-refractivity contribution in [2.45, 2.75) is 70.0 Å². The largest absolute Gasteiger partial charge is 0.313 e. The smallest absolute Gasteiger partial charge is 0.0264 e. The highest BCUT2D eigenvalue weighted by Crippen LogP contribution is 2.31. The first-order valence-electron chi connectivity index (χ1n) is 8.60. The normalized spacial score (nSPS) is 36.0. The molecule has 3 aliphatic rings. The van der Waals surface area contributed by atoms with E-state index < -0.39 is 0 Å². The summed E-state index contributed by atoms with van der Waals surface area (Å²) in [4.78, 5) is 5.58. The minimum Gasteiger partial charge on any atom is -0.313 e. The molecule has 3 saturated heterocycles. The summed E-state index contributed by atoms with van der Waals surface area (Å²) in [5.74, 6) is 0. The molecule has 3 nitrogen and oxygen atoms in total. The Morgan fingerprint density at radius 1 is 1.11 bits per heavy atom. The number of fused-ring (bicyclic) bond motifs is 1. The van der Waals surface area contributed by atoms with Crippen LogP contribution in [0.25, 0.3) is 0 Å². The van der Waals surface area contributed by atoms with Crippen molar-refractivity contribution in [3.8, 4) is 0 Å². The number of hydrogen-bond donors (Lipinski definition) is 1. The molecule has 0 aromatic heterocycles. The van der Waals surface area contributed by atoms with E-state index in [1.165, 1.54) is 77.7 Å². The molecule has 3 heterocycles. The number of nitrogens with zero attached hydrogens (tertiary/aromatic N) is 2. The summed E-state index contributed by atoms with van der Waals surface area (Å²) in [6.07, 6.45) is 9.79. The van der Waals surface area contributed by atoms with Gasteiger partial charge in [0.2, 0.25) is 0 Å². The van der Waals surface area contributed by atoms with Crippen molar-refractivity contribution in [2.24, 2.45) is 0 Å². The van der Waals surface area contributed by atoms with Gasteiger partial charge in [-0.2, -0.15) is 0 Å². The molecule has 0 bridgehead atoms. The van der Waals surface area contributed by atoms with E-state index in [0.29, 0.717) is 0 Å². The summed E-state index contributed by atoms with van der Waals surface area (Å²) < 4.78 is 0. The lowest BCUT2D eigenvalue weighted by Crippen LogP contribution is -2.50. The maximum absolute atomic E-state index is 3.74. The van der Waals surface area contributed by atoms with Gasteiger partial charge in [0.05, 0.1) is 0 Å². The van der Waals surface area contributed by atoms with Gasteiger partial charge < -0.3 is 5.32 Å². The molecular formula is C16H31N3. The molecule has 3 fully saturated rings. The first-order valence-corrected chi connectivity index (χ1v) is 8.60. The molecule has 3 heteroatoms. The second-order valence-corrected chi connectivity index (χ2v) is 6.74. The predicted octanol–water partition coefficient (Wildman–Crippen LogP) is 2.08. The zero-order valence-corrected chi connectivity index (χ0v) is 12.6. The zero-order valence-electron chi connectivity index (χ0n) is 12.6. The lowest BCUT2D eigenvalue weighted by molar-refractivity contribution is 0.138. The Balaban J connectivity index is 1.59.